The number of aromatic nitrogens is 2. The molecule has 0 spiro atoms. The summed E-state index contributed by atoms with van der Waals surface area (Å²) < 4.78 is 79.9. The lowest BCUT2D eigenvalue weighted by Gasteiger charge is -2.36. The van der Waals surface area contributed by atoms with Gasteiger partial charge in [0.1, 0.15) is 17.4 Å². The van der Waals surface area contributed by atoms with Crippen molar-refractivity contribution in [3.05, 3.63) is 117 Å². The largest absolute Gasteiger partial charge is 0.497 e. The summed E-state index contributed by atoms with van der Waals surface area (Å²) in [7, 11) is 2.75. The van der Waals surface area contributed by atoms with Gasteiger partial charge in [0, 0.05) is 28.3 Å². The highest BCUT2D eigenvalue weighted by molar-refractivity contribution is 6.31. The first-order chi connectivity index (χ1) is 22.3. The van der Waals surface area contributed by atoms with Gasteiger partial charge in [-0.05, 0) is 60.2 Å². The Hall–Kier alpha value is -5.21. The van der Waals surface area contributed by atoms with Crippen molar-refractivity contribution in [2.75, 3.05) is 19.5 Å². The number of aliphatic hydroxyl groups is 1. The smallest absolute Gasteiger partial charge is 0.416 e. The zero-order valence-corrected chi connectivity index (χ0v) is 25.1. The first-order valence-electron chi connectivity index (χ1n) is 13.7. The van der Waals surface area contributed by atoms with Crippen molar-refractivity contribution < 1.29 is 46.1 Å². The number of fused-ring (bicyclic) bond motifs is 3. The van der Waals surface area contributed by atoms with Gasteiger partial charge in [0.2, 0.25) is 5.88 Å². The fourth-order valence-electron chi connectivity index (χ4n) is 5.61. The molecule has 2 heterocycles. The molecule has 0 aliphatic carbocycles. The van der Waals surface area contributed by atoms with Gasteiger partial charge in [0.25, 0.3) is 11.8 Å². The molecule has 1 aliphatic heterocycles. The maximum atomic E-state index is 14.8. The van der Waals surface area contributed by atoms with Crippen LogP contribution in [0.5, 0.6) is 11.6 Å². The van der Waals surface area contributed by atoms with Gasteiger partial charge in [-0.25, -0.2) is 8.78 Å². The fraction of sp³-hybridized carbons (Fsp3) is 0.156. The van der Waals surface area contributed by atoms with E-state index in [1.165, 1.54) is 26.4 Å². The molecule has 47 heavy (non-hydrogen) atoms. The van der Waals surface area contributed by atoms with E-state index in [0.717, 1.165) is 17.0 Å². The topological polar surface area (TPSA) is 117 Å². The predicted molar refractivity (Wildman–Crippen MR) is 159 cm³/mol. The first kappa shape index (κ1) is 31.8. The number of ether oxygens (including phenoxy) is 2. The summed E-state index contributed by atoms with van der Waals surface area (Å²) in [5.41, 5.74) is -5.26. The lowest BCUT2D eigenvalue weighted by molar-refractivity contribution is -0.137. The number of anilines is 1. The van der Waals surface area contributed by atoms with Crippen molar-refractivity contribution in [1.29, 1.82) is 0 Å². The first-order valence-corrected chi connectivity index (χ1v) is 14.1. The lowest BCUT2D eigenvalue weighted by Crippen LogP contribution is -2.44. The van der Waals surface area contributed by atoms with Crippen molar-refractivity contribution in [3.8, 4) is 11.6 Å². The molecule has 0 saturated heterocycles. The van der Waals surface area contributed by atoms with Crippen LogP contribution in [0.3, 0.4) is 0 Å². The molecular weight excluding hydrogens is 651 g/mol. The van der Waals surface area contributed by atoms with Crippen LogP contribution < -0.4 is 14.8 Å². The lowest BCUT2D eigenvalue weighted by atomic mass is 9.90. The number of alkyl halides is 3. The van der Waals surface area contributed by atoms with Crippen LogP contribution in [0.25, 0.3) is 10.9 Å². The summed E-state index contributed by atoms with van der Waals surface area (Å²) >= 11 is 6.51. The molecule has 3 N–H and O–H groups in total. The zero-order chi connectivity index (χ0) is 33.8. The molecule has 9 nitrogen and oxygen atoms in total. The number of aromatic amines is 1. The van der Waals surface area contributed by atoms with Gasteiger partial charge >= 0.3 is 6.18 Å². The number of nitrogens with one attached hydrogen (secondary N) is 2. The summed E-state index contributed by atoms with van der Waals surface area (Å²) in [6.45, 7) is -0.278. The standard InChI is InChI=1S/C32H22ClF5N4O5/c1-46-20-6-3-15(4-7-20)14-42-30(44)25-26(31(42,45)22-12-18(34)5-8-23(22)33)24(13-21-27(25)40-41-29(21)47-2)39-28(43)16-9-17(32(36,37)38)11-19(35)10-16/h3-13,45H,14H2,1-2H3,(H,39,43)(H,40,41). The molecule has 5 aromatic rings. The molecule has 0 bridgehead atoms. The number of benzene rings is 4. The van der Waals surface area contributed by atoms with Gasteiger partial charge in [-0.15, -0.1) is 5.10 Å². The number of hydrogen-bond donors (Lipinski definition) is 3. The minimum absolute atomic E-state index is 0.0304. The summed E-state index contributed by atoms with van der Waals surface area (Å²) in [6, 6.07) is 12.2. The highest BCUT2D eigenvalue weighted by Crippen LogP contribution is 2.51. The van der Waals surface area contributed by atoms with Crippen LogP contribution in [-0.4, -0.2) is 46.2 Å². The zero-order valence-electron chi connectivity index (χ0n) is 24.3. The molecule has 1 aliphatic rings. The number of amides is 2. The van der Waals surface area contributed by atoms with Gasteiger partial charge in [-0.3, -0.25) is 19.6 Å². The predicted octanol–water partition coefficient (Wildman–Crippen LogP) is 6.63. The Morgan fingerprint density at radius 1 is 1.02 bits per heavy atom. The van der Waals surface area contributed by atoms with Crippen LogP contribution in [0.4, 0.5) is 27.6 Å². The maximum absolute atomic E-state index is 14.8. The minimum atomic E-state index is -4.97. The number of rotatable bonds is 7. The van der Waals surface area contributed by atoms with Crippen molar-refractivity contribution in [2.24, 2.45) is 0 Å². The van der Waals surface area contributed by atoms with Crippen molar-refractivity contribution in [3.63, 3.8) is 0 Å². The summed E-state index contributed by atoms with van der Waals surface area (Å²) in [6.07, 6.45) is -4.97. The van der Waals surface area contributed by atoms with E-state index in [1.54, 1.807) is 24.3 Å². The van der Waals surface area contributed by atoms with Crippen LogP contribution in [0.15, 0.2) is 66.7 Å². The molecule has 242 valence electrons. The van der Waals surface area contributed by atoms with Crippen LogP contribution >= 0.6 is 11.6 Å². The number of carbonyl (C=O) groups excluding carboxylic acids is 2. The molecule has 0 saturated carbocycles. The van der Waals surface area contributed by atoms with Crippen LogP contribution in [-0.2, 0) is 18.4 Å². The maximum Gasteiger partial charge on any atom is 0.416 e. The van der Waals surface area contributed by atoms with E-state index in [9.17, 15) is 36.6 Å². The van der Waals surface area contributed by atoms with E-state index in [4.69, 9.17) is 21.1 Å². The third-order valence-electron chi connectivity index (χ3n) is 7.76. The summed E-state index contributed by atoms with van der Waals surface area (Å²) in [5, 5.41) is 21.8. The molecule has 2 amide bonds. The Morgan fingerprint density at radius 3 is 2.40 bits per heavy atom. The van der Waals surface area contributed by atoms with Crippen LogP contribution in [0, 0.1) is 11.6 Å². The molecular formula is C32H22ClF5N4O5. The minimum Gasteiger partial charge on any atom is -0.497 e. The molecule has 4 aromatic carbocycles. The average Bonchev–Trinajstić information content (AvgIpc) is 3.54. The average molecular weight is 673 g/mol. The Morgan fingerprint density at radius 2 is 1.74 bits per heavy atom. The third-order valence-corrected chi connectivity index (χ3v) is 8.09. The van der Waals surface area contributed by atoms with Gasteiger partial charge in [-0.1, -0.05) is 23.7 Å². The highest BCUT2D eigenvalue weighted by Gasteiger charge is 2.54. The second-order valence-corrected chi connectivity index (χ2v) is 11.0. The van der Waals surface area contributed by atoms with Gasteiger partial charge in [0.05, 0.1) is 41.9 Å². The molecule has 1 atom stereocenters. The number of methoxy groups -OCH3 is 2. The van der Waals surface area contributed by atoms with Crippen molar-refractivity contribution >= 4 is 40.0 Å². The number of halogens is 6. The molecule has 1 aromatic heterocycles. The van der Waals surface area contributed by atoms with Crippen LogP contribution in [0.2, 0.25) is 5.02 Å². The van der Waals surface area contributed by atoms with Crippen molar-refractivity contribution in [1.82, 2.24) is 15.1 Å². The normalized spacial score (nSPS) is 16.0. The molecule has 0 fully saturated rings. The van der Waals surface area contributed by atoms with E-state index in [-0.39, 0.29) is 56.8 Å². The summed E-state index contributed by atoms with van der Waals surface area (Å²) in [5.74, 6) is -3.69. The Bertz CT molecular complexity index is 2070. The molecule has 6 rings (SSSR count). The van der Waals surface area contributed by atoms with Gasteiger partial charge in [0.15, 0.2) is 5.72 Å². The SMILES string of the molecule is COc1ccc(CN2C(=O)c3c(c(NC(=O)c4cc(F)cc(C(F)(F)F)c4)cc4c(OC)n[nH]c34)C2(O)c2cc(F)ccc2Cl)cc1. The second kappa shape index (κ2) is 11.5. The Labute approximate surface area is 267 Å². The van der Waals surface area contributed by atoms with E-state index in [1.807, 2.05) is 0 Å². The highest BCUT2D eigenvalue weighted by atomic mass is 35.5. The third kappa shape index (κ3) is 5.38. The number of H-pyrrole nitrogens is 1. The number of hydrogen-bond acceptors (Lipinski definition) is 6. The van der Waals surface area contributed by atoms with E-state index in [2.05, 4.69) is 15.5 Å². The second-order valence-electron chi connectivity index (χ2n) is 10.5. The van der Waals surface area contributed by atoms with E-state index >= 15 is 0 Å². The molecule has 0 radical (unpaired) electrons. The monoisotopic (exact) mass is 672 g/mol. The van der Waals surface area contributed by atoms with Gasteiger partial charge in [-0.2, -0.15) is 13.2 Å². The fourth-order valence-corrected chi connectivity index (χ4v) is 5.85. The van der Waals surface area contributed by atoms with Gasteiger partial charge < -0.3 is 19.9 Å². The van der Waals surface area contributed by atoms with E-state index < -0.39 is 46.5 Å². The Balaban J connectivity index is 1.60. The number of carbonyl (C=O) groups is 2. The summed E-state index contributed by atoms with van der Waals surface area (Å²) in [4.78, 5) is 28.8. The van der Waals surface area contributed by atoms with E-state index in [0.29, 0.717) is 23.4 Å². The molecule has 1 unspecified atom stereocenters. The Kier molecular flexibility index (Phi) is 7.80. The quantitative estimate of drug-likeness (QED) is 0.167. The number of nitrogens with zero attached hydrogens (tertiary/aromatic N) is 2. The molecule has 15 heteroatoms. The van der Waals surface area contributed by atoms with Crippen molar-refractivity contribution in [2.45, 2.75) is 18.4 Å². The van der Waals surface area contributed by atoms with Crippen LogP contribution in [0.1, 0.15) is 43.0 Å².